The lowest BCUT2D eigenvalue weighted by Crippen LogP contribution is -2.07. The van der Waals surface area contributed by atoms with Crippen molar-refractivity contribution in [2.45, 2.75) is 18.7 Å². The Bertz CT molecular complexity index is 43.3. The molecule has 0 aromatic rings. The van der Waals surface area contributed by atoms with Crippen LogP contribution in [0.5, 0.6) is 0 Å². The van der Waals surface area contributed by atoms with Gasteiger partial charge in [-0.1, -0.05) is 45.7 Å². The van der Waals surface area contributed by atoms with E-state index in [1.807, 2.05) is 0 Å². The van der Waals surface area contributed by atoms with Crippen LogP contribution >= 0.6 is 31.9 Å². The third kappa shape index (κ3) is 3.53. The summed E-state index contributed by atoms with van der Waals surface area (Å²) in [5.74, 6) is 0.736. The Kier molecular flexibility index (Phi) is 4.44. The van der Waals surface area contributed by atoms with Crippen LogP contribution in [-0.2, 0) is 0 Å². The SMILES string of the molecule is CC(C)[C@@H](Br)CBr. The third-order valence-electron chi connectivity index (χ3n) is 0.871. The van der Waals surface area contributed by atoms with Gasteiger partial charge in [0.1, 0.15) is 0 Å². The van der Waals surface area contributed by atoms with E-state index in [0.717, 1.165) is 11.2 Å². The molecule has 2 heteroatoms. The smallest absolute Gasteiger partial charge is 0.0265 e. The van der Waals surface area contributed by atoms with Crippen molar-refractivity contribution in [3.05, 3.63) is 0 Å². The summed E-state index contributed by atoms with van der Waals surface area (Å²) in [6, 6.07) is 0. The fourth-order valence-corrected chi connectivity index (χ4v) is 0.926. The molecule has 0 aromatic heterocycles. The molecule has 0 spiro atoms. The molecule has 0 heterocycles. The summed E-state index contributed by atoms with van der Waals surface area (Å²) in [6.07, 6.45) is 0. The second-order valence-corrected chi connectivity index (χ2v) is 3.74. The standard InChI is InChI=1S/C5H10Br2/c1-4(2)5(7)3-6/h4-5H,3H2,1-2H3/t5-/m0/s1. The summed E-state index contributed by atoms with van der Waals surface area (Å²) in [5.41, 5.74) is 0. The average molecular weight is 230 g/mol. The van der Waals surface area contributed by atoms with Crippen molar-refractivity contribution in [1.29, 1.82) is 0 Å². The first-order valence-electron chi connectivity index (χ1n) is 2.38. The molecule has 0 saturated carbocycles. The van der Waals surface area contributed by atoms with Gasteiger partial charge in [-0.15, -0.1) is 0 Å². The minimum Gasteiger partial charge on any atom is -0.0916 e. The van der Waals surface area contributed by atoms with Gasteiger partial charge >= 0.3 is 0 Å². The molecule has 0 rings (SSSR count). The van der Waals surface area contributed by atoms with Crippen molar-refractivity contribution >= 4 is 31.9 Å². The monoisotopic (exact) mass is 228 g/mol. The molecule has 44 valence electrons. The molecule has 1 atom stereocenters. The summed E-state index contributed by atoms with van der Waals surface area (Å²) in [5, 5.41) is 1.05. The lowest BCUT2D eigenvalue weighted by Gasteiger charge is -2.07. The van der Waals surface area contributed by atoms with Crippen LogP contribution in [-0.4, -0.2) is 10.2 Å². The van der Waals surface area contributed by atoms with E-state index in [4.69, 9.17) is 0 Å². The first-order chi connectivity index (χ1) is 3.18. The van der Waals surface area contributed by atoms with Crippen molar-refractivity contribution in [1.82, 2.24) is 0 Å². The van der Waals surface area contributed by atoms with E-state index in [0.29, 0.717) is 4.83 Å². The van der Waals surface area contributed by atoms with Crippen LogP contribution in [0.4, 0.5) is 0 Å². The summed E-state index contributed by atoms with van der Waals surface area (Å²) in [7, 11) is 0. The highest BCUT2D eigenvalue weighted by Gasteiger charge is 2.04. The zero-order valence-electron chi connectivity index (χ0n) is 4.62. The van der Waals surface area contributed by atoms with Gasteiger partial charge in [-0.2, -0.15) is 0 Å². The van der Waals surface area contributed by atoms with Gasteiger partial charge in [0.25, 0.3) is 0 Å². The molecule has 0 unspecified atom stereocenters. The van der Waals surface area contributed by atoms with E-state index in [-0.39, 0.29) is 0 Å². The normalized spacial score (nSPS) is 15.0. The topological polar surface area (TPSA) is 0 Å². The molecule has 0 amide bonds. The maximum atomic E-state index is 3.49. The fraction of sp³-hybridized carbons (Fsp3) is 1.00. The van der Waals surface area contributed by atoms with Crippen LogP contribution in [0.25, 0.3) is 0 Å². The van der Waals surface area contributed by atoms with Gasteiger partial charge in [0.05, 0.1) is 0 Å². The molecule has 0 aliphatic rings. The molecule has 0 aliphatic heterocycles. The maximum Gasteiger partial charge on any atom is 0.0265 e. The quantitative estimate of drug-likeness (QED) is 0.639. The number of hydrogen-bond acceptors (Lipinski definition) is 0. The number of halogens is 2. The Balaban J connectivity index is 3.14. The van der Waals surface area contributed by atoms with E-state index in [9.17, 15) is 0 Å². The Morgan fingerprint density at radius 3 is 1.86 bits per heavy atom. The van der Waals surface area contributed by atoms with Crippen LogP contribution in [0, 0.1) is 5.92 Å². The van der Waals surface area contributed by atoms with Gasteiger partial charge < -0.3 is 0 Å². The second kappa shape index (κ2) is 3.90. The fourth-order valence-electron chi connectivity index (χ4n) is 0.178. The highest BCUT2D eigenvalue weighted by atomic mass is 79.9. The molecule has 0 radical (unpaired) electrons. The van der Waals surface area contributed by atoms with Crippen LogP contribution in [0.15, 0.2) is 0 Å². The zero-order valence-corrected chi connectivity index (χ0v) is 7.79. The van der Waals surface area contributed by atoms with E-state index < -0.39 is 0 Å². The van der Waals surface area contributed by atoms with Gasteiger partial charge in [0.2, 0.25) is 0 Å². The van der Waals surface area contributed by atoms with E-state index >= 15 is 0 Å². The van der Waals surface area contributed by atoms with Gasteiger partial charge in [0, 0.05) is 10.2 Å². The molecular formula is C5H10Br2. The molecule has 0 bridgehead atoms. The molecule has 0 saturated heterocycles. The van der Waals surface area contributed by atoms with Crippen molar-refractivity contribution in [3.8, 4) is 0 Å². The Morgan fingerprint density at radius 2 is 1.86 bits per heavy atom. The predicted molar refractivity (Wildman–Crippen MR) is 41.3 cm³/mol. The highest BCUT2D eigenvalue weighted by Crippen LogP contribution is 2.13. The Hall–Kier alpha value is 0.960. The molecular weight excluding hydrogens is 220 g/mol. The zero-order chi connectivity index (χ0) is 5.86. The molecule has 0 fully saturated rings. The minimum atomic E-state index is 0.632. The molecule has 0 aliphatic carbocycles. The van der Waals surface area contributed by atoms with Crippen LogP contribution in [0.3, 0.4) is 0 Å². The van der Waals surface area contributed by atoms with Gasteiger partial charge in [-0.25, -0.2) is 0 Å². The van der Waals surface area contributed by atoms with Gasteiger partial charge in [0.15, 0.2) is 0 Å². The molecule has 0 N–H and O–H groups in total. The maximum absolute atomic E-state index is 3.49. The number of alkyl halides is 2. The van der Waals surface area contributed by atoms with Crippen molar-refractivity contribution < 1.29 is 0 Å². The van der Waals surface area contributed by atoms with E-state index in [2.05, 4.69) is 45.7 Å². The van der Waals surface area contributed by atoms with Gasteiger partial charge in [-0.05, 0) is 5.92 Å². The minimum absolute atomic E-state index is 0.632. The number of hydrogen-bond donors (Lipinski definition) is 0. The Labute approximate surface area is 61.9 Å². The van der Waals surface area contributed by atoms with Crippen molar-refractivity contribution in [2.24, 2.45) is 5.92 Å². The summed E-state index contributed by atoms with van der Waals surface area (Å²) < 4.78 is 0. The Morgan fingerprint density at radius 1 is 1.43 bits per heavy atom. The third-order valence-corrected chi connectivity index (χ3v) is 3.82. The molecule has 0 aromatic carbocycles. The summed E-state index contributed by atoms with van der Waals surface area (Å²) >= 11 is 6.86. The molecule has 7 heavy (non-hydrogen) atoms. The highest BCUT2D eigenvalue weighted by molar-refractivity contribution is 9.12. The van der Waals surface area contributed by atoms with Crippen molar-refractivity contribution in [3.63, 3.8) is 0 Å². The van der Waals surface area contributed by atoms with E-state index in [1.165, 1.54) is 0 Å². The first-order valence-corrected chi connectivity index (χ1v) is 4.42. The first kappa shape index (κ1) is 7.96. The summed E-state index contributed by atoms with van der Waals surface area (Å²) in [4.78, 5) is 0.632. The van der Waals surface area contributed by atoms with E-state index in [1.54, 1.807) is 0 Å². The second-order valence-electron chi connectivity index (χ2n) is 1.91. The summed E-state index contributed by atoms with van der Waals surface area (Å²) in [6.45, 7) is 4.39. The lowest BCUT2D eigenvalue weighted by atomic mass is 10.2. The lowest BCUT2D eigenvalue weighted by molar-refractivity contribution is 0.659. The largest absolute Gasteiger partial charge is 0.0916 e. The van der Waals surface area contributed by atoms with Crippen LogP contribution in [0.1, 0.15) is 13.8 Å². The van der Waals surface area contributed by atoms with Crippen LogP contribution < -0.4 is 0 Å². The van der Waals surface area contributed by atoms with Crippen molar-refractivity contribution in [2.75, 3.05) is 5.33 Å². The van der Waals surface area contributed by atoms with Gasteiger partial charge in [-0.3, -0.25) is 0 Å². The number of rotatable bonds is 2. The average Bonchev–Trinajstić information content (AvgIpc) is 1.65. The predicted octanol–water partition coefficient (Wildman–Crippen LogP) is 2.80. The molecule has 0 nitrogen and oxygen atoms in total. The van der Waals surface area contributed by atoms with Crippen LogP contribution in [0.2, 0.25) is 0 Å².